The van der Waals surface area contributed by atoms with E-state index in [4.69, 9.17) is 28.2 Å². The highest BCUT2D eigenvalue weighted by atomic mass is 35.5. The molecule has 0 saturated carbocycles. The van der Waals surface area contributed by atoms with E-state index in [1.807, 2.05) is 6.92 Å². The van der Waals surface area contributed by atoms with Crippen molar-refractivity contribution in [2.45, 2.75) is 18.8 Å². The Morgan fingerprint density at radius 2 is 2.18 bits per heavy atom. The second-order valence-corrected chi connectivity index (χ2v) is 2.46. The molecule has 0 saturated heterocycles. The molecule has 11 heavy (non-hydrogen) atoms. The molecule has 0 fully saturated rings. The number of nitrogens with one attached hydrogen (secondary N) is 4. The SMILES string of the molecule is CCC(Cl)NC(=N)NC(=N)N. The second kappa shape index (κ2) is 4.79. The van der Waals surface area contributed by atoms with E-state index < -0.39 is 0 Å². The lowest BCUT2D eigenvalue weighted by Crippen LogP contribution is -2.45. The summed E-state index contributed by atoms with van der Waals surface area (Å²) in [6.07, 6.45) is 0.698. The fraction of sp³-hybridized carbons (Fsp3) is 0.600. The molecule has 64 valence electrons. The van der Waals surface area contributed by atoms with Crippen LogP contribution in [0.1, 0.15) is 13.3 Å². The van der Waals surface area contributed by atoms with Gasteiger partial charge in [-0.15, -0.1) is 0 Å². The molecule has 0 amide bonds. The standard InChI is InChI=1S/C5H12ClN5/c1-2-3(6)10-5(9)11-4(7)8/h3H,2H2,1H3,(H6,7,8,9,10,11). The normalized spacial score (nSPS) is 11.8. The molecule has 5 nitrogen and oxygen atoms in total. The molecule has 1 atom stereocenters. The van der Waals surface area contributed by atoms with Crippen LogP contribution in [0.5, 0.6) is 0 Å². The Balaban J connectivity index is 3.60. The highest BCUT2D eigenvalue weighted by molar-refractivity contribution is 6.21. The van der Waals surface area contributed by atoms with Crippen LogP contribution in [-0.2, 0) is 0 Å². The zero-order valence-corrected chi connectivity index (χ0v) is 7.00. The lowest BCUT2D eigenvalue weighted by molar-refractivity contribution is 0.753. The van der Waals surface area contributed by atoms with Gasteiger partial charge in [0, 0.05) is 0 Å². The summed E-state index contributed by atoms with van der Waals surface area (Å²) in [7, 11) is 0. The number of halogens is 1. The van der Waals surface area contributed by atoms with Crippen LogP contribution in [0, 0.1) is 10.8 Å². The van der Waals surface area contributed by atoms with Crippen molar-refractivity contribution in [1.29, 1.82) is 10.8 Å². The van der Waals surface area contributed by atoms with Gasteiger partial charge in [0.1, 0.15) is 5.50 Å². The van der Waals surface area contributed by atoms with Crippen LogP contribution in [0.3, 0.4) is 0 Å². The van der Waals surface area contributed by atoms with Crippen molar-refractivity contribution < 1.29 is 0 Å². The minimum absolute atomic E-state index is 0.0562. The highest BCUT2D eigenvalue weighted by Gasteiger charge is 2.02. The van der Waals surface area contributed by atoms with Crippen LogP contribution < -0.4 is 16.4 Å². The smallest absolute Gasteiger partial charge is 0.196 e. The third kappa shape index (κ3) is 5.47. The summed E-state index contributed by atoms with van der Waals surface area (Å²) in [6, 6.07) is 0. The van der Waals surface area contributed by atoms with Gasteiger partial charge in [-0.25, -0.2) is 0 Å². The number of guanidine groups is 2. The molecule has 0 spiro atoms. The van der Waals surface area contributed by atoms with Gasteiger partial charge in [-0.05, 0) is 6.42 Å². The summed E-state index contributed by atoms with van der Waals surface area (Å²) in [5.74, 6) is -0.332. The van der Waals surface area contributed by atoms with Crippen LogP contribution >= 0.6 is 11.6 Å². The second-order valence-electron chi connectivity index (χ2n) is 1.93. The summed E-state index contributed by atoms with van der Waals surface area (Å²) in [5.41, 5.74) is 4.66. The molecule has 6 heteroatoms. The first-order valence-corrected chi connectivity index (χ1v) is 3.60. The van der Waals surface area contributed by atoms with Crippen LogP contribution in [0.15, 0.2) is 0 Å². The van der Waals surface area contributed by atoms with Gasteiger partial charge in [0.05, 0.1) is 0 Å². The van der Waals surface area contributed by atoms with Gasteiger partial charge in [0.25, 0.3) is 0 Å². The van der Waals surface area contributed by atoms with Crippen molar-refractivity contribution >= 4 is 23.5 Å². The molecule has 0 aliphatic carbocycles. The summed E-state index contributed by atoms with van der Waals surface area (Å²) < 4.78 is 0. The molecule has 0 aliphatic rings. The van der Waals surface area contributed by atoms with Crippen LogP contribution in [-0.4, -0.2) is 17.4 Å². The summed E-state index contributed by atoms with van der Waals surface area (Å²) in [5, 5.41) is 18.7. The van der Waals surface area contributed by atoms with Gasteiger partial charge in [0.2, 0.25) is 0 Å². The average molecular weight is 178 g/mol. The Kier molecular flexibility index (Phi) is 4.36. The lowest BCUT2D eigenvalue weighted by Gasteiger charge is -2.11. The lowest BCUT2D eigenvalue weighted by atomic mass is 10.5. The largest absolute Gasteiger partial charge is 0.370 e. The van der Waals surface area contributed by atoms with Crippen molar-refractivity contribution in [3.05, 3.63) is 0 Å². The highest BCUT2D eigenvalue weighted by Crippen LogP contribution is 1.93. The van der Waals surface area contributed by atoms with E-state index in [-0.39, 0.29) is 17.4 Å². The molecule has 0 heterocycles. The Morgan fingerprint density at radius 1 is 1.64 bits per heavy atom. The Bertz CT molecular complexity index is 157. The van der Waals surface area contributed by atoms with E-state index in [0.717, 1.165) is 0 Å². The monoisotopic (exact) mass is 177 g/mol. The van der Waals surface area contributed by atoms with E-state index >= 15 is 0 Å². The molecule has 6 N–H and O–H groups in total. The number of hydrogen-bond acceptors (Lipinski definition) is 2. The molecule has 0 aromatic rings. The first-order valence-electron chi connectivity index (χ1n) is 3.16. The van der Waals surface area contributed by atoms with E-state index in [0.29, 0.717) is 6.42 Å². The van der Waals surface area contributed by atoms with Gasteiger partial charge in [-0.1, -0.05) is 18.5 Å². The topological polar surface area (TPSA) is 97.8 Å². The van der Waals surface area contributed by atoms with Gasteiger partial charge in [-0.2, -0.15) is 0 Å². The maximum Gasteiger partial charge on any atom is 0.196 e. The van der Waals surface area contributed by atoms with E-state index in [2.05, 4.69) is 10.6 Å². The summed E-state index contributed by atoms with van der Waals surface area (Å²) in [6.45, 7) is 1.88. The molecular formula is C5H12ClN5. The predicted octanol–water partition coefficient (Wildman–Crippen LogP) is -0.0313. The average Bonchev–Trinajstić information content (AvgIpc) is 1.85. The quantitative estimate of drug-likeness (QED) is 0.177. The van der Waals surface area contributed by atoms with E-state index in [1.165, 1.54) is 0 Å². The van der Waals surface area contributed by atoms with Crippen molar-refractivity contribution in [3.63, 3.8) is 0 Å². The molecule has 0 bridgehead atoms. The first-order chi connectivity index (χ1) is 5.06. The van der Waals surface area contributed by atoms with Gasteiger partial charge >= 0.3 is 0 Å². The van der Waals surface area contributed by atoms with Gasteiger partial charge in [-0.3, -0.25) is 16.1 Å². The third-order valence-corrected chi connectivity index (χ3v) is 1.34. The zero-order chi connectivity index (χ0) is 8.85. The fourth-order valence-corrected chi connectivity index (χ4v) is 0.539. The van der Waals surface area contributed by atoms with Gasteiger partial charge in [0.15, 0.2) is 11.9 Å². The predicted molar refractivity (Wildman–Crippen MR) is 45.8 cm³/mol. The fourth-order valence-electron chi connectivity index (χ4n) is 0.429. The molecule has 0 aromatic heterocycles. The molecule has 0 radical (unpaired) electrons. The van der Waals surface area contributed by atoms with Crippen molar-refractivity contribution in [2.24, 2.45) is 5.73 Å². The number of alkyl halides is 1. The minimum atomic E-state index is -0.297. The van der Waals surface area contributed by atoms with Gasteiger partial charge < -0.3 is 11.1 Å². The molecule has 0 rings (SSSR count). The Hall–Kier alpha value is -0.970. The maximum absolute atomic E-state index is 7.13. The number of nitrogens with two attached hydrogens (primary N) is 1. The van der Waals surface area contributed by atoms with Crippen LogP contribution in [0.25, 0.3) is 0 Å². The minimum Gasteiger partial charge on any atom is -0.370 e. The summed E-state index contributed by atoms with van der Waals surface area (Å²) in [4.78, 5) is 0. The van der Waals surface area contributed by atoms with Crippen LogP contribution in [0.2, 0.25) is 0 Å². The Morgan fingerprint density at radius 3 is 2.55 bits per heavy atom. The molecular weight excluding hydrogens is 166 g/mol. The maximum atomic E-state index is 7.13. The molecule has 0 aliphatic heterocycles. The van der Waals surface area contributed by atoms with Crippen LogP contribution in [0.4, 0.5) is 0 Å². The van der Waals surface area contributed by atoms with E-state index in [1.54, 1.807) is 0 Å². The first kappa shape index (κ1) is 10.0. The van der Waals surface area contributed by atoms with E-state index in [9.17, 15) is 0 Å². The molecule has 0 aromatic carbocycles. The number of hydrogen-bond donors (Lipinski definition) is 5. The van der Waals surface area contributed by atoms with Crippen molar-refractivity contribution in [3.8, 4) is 0 Å². The molecule has 1 unspecified atom stereocenters. The van der Waals surface area contributed by atoms with Crippen molar-refractivity contribution in [1.82, 2.24) is 10.6 Å². The number of rotatable bonds is 2. The summed E-state index contributed by atoms with van der Waals surface area (Å²) >= 11 is 5.64. The zero-order valence-electron chi connectivity index (χ0n) is 6.24. The Labute approximate surface area is 70.3 Å². The third-order valence-electron chi connectivity index (χ3n) is 0.919. The van der Waals surface area contributed by atoms with Crippen molar-refractivity contribution in [2.75, 3.05) is 0 Å².